The molecular weight excluding hydrogens is 296 g/mol. The number of nitrogens with one attached hydrogen (secondary N) is 2. The summed E-state index contributed by atoms with van der Waals surface area (Å²) in [6.07, 6.45) is 0.828. The molecule has 2 amide bonds. The Balaban J connectivity index is 2.70. The molecule has 0 fully saturated rings. The highest BCUT2D eigenvalue weighted by Crippen LogP contribution is 2.27. The van der Waals surface area contributed by atoms with E-state index in [4.69, 9.17) is 9.47 Å². The van der Waals surface area contributed by atoms with Crippen LogP contribution in [-0.2, 0) is 16.1 Å². The van der Waals surface area contributed by atoms with E-state index in [0.717, 1.165) is 12.0 Å². The lowest BCUT2D eigenvalue weighted by Crippen LogP contribution is -2.47. The Morgan fingerprint density at radius 2 is 1.65 bits per heavy atom. The summed E-state index contributed by atoms with van der Waals surface area (Å²) < 4.78 is 10.4. The second kappa shape index (κ2) is 8.41. The highest BCUT2D eigenvalue weighted by atomic mass is 16.5. The number of amides is 2. The number of rotatable bonds is 8. The van der Waals surface area contributed by atoms with Gasteiger partial charge in [0, 0.05) is 13.1 Å². The number of hydrogen-bond donors (Lipinski definition) is 2. The van der Waals surface area contributed by atoms with Gasteiger partial charge in [-0.05, 0) is 38.0 Å². The Hall–Kier alpha value is -2.24. The van der Waals surface area contributed by atoms with Gasteiger partial charge in [-0.25, -0.2) is 0 Å². The van der Waals surface area contributed by atoms with Gasteiger partial charge >= 0.3 is 0 Å². The predicted molar refractivity (Wildman–Crippen MR) is 88.5 cm³/mol. The monoisotopic (exact) mass is 322 g/mol. The van der Waals surface area contributed by atoms with Crippen LogP contribution >= 0.6 is 0 Å². The van der Waals surface area contributed by atoms with E-state index in [-0.39, 0.29) is 11.8 Å². The SMILES string of the molecule is CCCNC(=O)C(C)(C)C(=O)NCc1ccc(OC)c(OC)c1. The molecule has 0 saturated carbocycles. The topological polar surface area (TPSA) is 76.7 Å². The summed E-state index contributed by atoms with van der Waals surface area (Å²) in [5, 5.41) is 5.54. The third-order valence-corrected chi connectivity index (χ3v) is 3.57. The predicted octanol–water partition coefficient (Wildman–Crippen LogP) is 1.87. The van der Waals surface area contributed by atoms with Gasteiger partial charge in [-0.2, -0.15) is 0 Å². The van der Waals surface area contributed by atoms with Gasteiger partial charge in [-0.15, -0.1) is 0 Å². The molecule has 0 aromatic heterocycles. The average Bonchev–Trinajstić information content (AvgIpc) is 2.56. The van der Waals surface area contributed by atoms with E-state index in [2.05, 4.69) is 10.6 Å². The molecule has 0 unspecified atom stereocenters. The first kappa shape index (κ1) is 18.8. The molecule has 0 radical (unpaired) electrons. The molecule has 6 heteroatoms. The fraction of sp³-hybridized carbons (Fsp3) is 0.529. The van der Waals surface area contributed by atoms with Crippen molar-refractivity contribution in [3.8, 4) is 11.5 Å². The summed E-state index contributed by atoms with van der Waals surface area (Å²) in [4.78, 5) is 24.3. The normalized spacial score (nSPS) is 10.8. The minimum atomic E-state index is -1.12. The highest BCUT2D eigenvalue weighted by molar-refractivity contribution is 6.04. The van der Waals surface area contributed by atoms with Crippen LogP contribution in [0.4, 0.5) is 0 Å². The molecule has 0 heterocycles. The number of carbonyl (C=O) groups excluding carboxylic acids is 2. The molecular formula is C17H26N2O4. The largest absolute Gasteiger partial charge is 0.493 e. The van der Waals surface area contributed by atoms with Crippen LogP contribution in [0.3, 0.4) is 0 Å². The van der Waals surface area contributed by atoms with Crippen LogP contribution in [0.25, 0.3) is 0 Å². The second-order valence-electron chi connectivity index (χ2n) is 5.75. The molecule has 1 rings (SSSR count). The van der Waals surface area contributed by atoms with Crippen LogP contribution < -0.4 is 20.1 Å². The maximum atomic E-state index is 12.3. The summed E-state index contributed by atoms with van der Waals surface area (Å²) in [5.74, 6) is 0.631. The molecule has 0 spiro atoms. The van der Waals surface area contributed by atoms with Crippen LogP contribution in [0.15, 0.2) is 18.2 Å². The van der Waals surface area contributed by atoms with Crippen molar-refractivity contribution in [2.75, 3.05) is 20.8 Å². The van der Waals surface area contributed by atoms with Crippen molar-refractivity contribution >= 4 is 11.8 Å². The van der Waals surface area contributed by atoms with E-state index >= 15 is 0 Å². The summed E-state index contributed by atoms with van der Waals surface area (Å²) in [6, 6.07) is 5.41. The molecule has 0 atom stereocenters. The van der Waals surface area contributed by atoms with E-state index in [1.165, 1.54) is 0 Å². The molecule has 6 nitrogen and oxygen atoms in total. The number of hydrogen-bond acceptors (Lipinski definition) is 4. The number of carbonyl (C=O) groups is 2. The molecule has 1 aromatic carbocycles. The van der Waals surface area contributed by atoms with Crippen molar-refractivity contribution in [3.63, 3.8) is 0 Å². The summed E-state index contributed by atoms with van der Waals surface area (Å²) in [5.41, 5.74) is -0.257. The zero-order valence-electron chi connectivity index (χ0n) is 14.5. The Bertz CT molecular complexity index is 556. The van der Waals surface area contributed by atoms with Crippen molar-refractivity contribution in [1.29, 1.82) is 0 Å². The fourth-order valence-electron chi connectivity index (χ4n) is 1.96. The van der Waals surface area contributed by atoms with Gasteiger partial charge in [0.1, 0.15) is 5.41 Å². The van der Waals surface area contributed by atoms with Crippen molar-refractivity contribution in [2.45, 2.75) is 33.7 Å². The molecule has 0 aliphatic heterocycles. The van der Waals surface area contributed by atoms with E-state index in [0.29, 0.717) is 24.6 Å². The molecule has 0 bridgehead atoms. The van der Waals surface area contributed by atoms with Crippen LogP contribution in [-0.4, -0.2) is 32.6 Å². The Labute approximate surface area is 137 Å². The summed E-state index contributed by atoms with van der Waals surface area (Å²) in [7, 11) is 3.12. The zero-order chi connectivity index (χ0) is 17.5. The lowest BCUT2D eigenvalue weighted by Gasteiger charge is -2.22. The van der Waals surface area contributed by atoms with E-state index < -0.39 is 5.41 Å². The standard InChI is InChI=1S/C17H26N2O4/c1-6-9-18-15(20)17(2,3)16(21)19-11-12-7-8-13(22-4)14(10-12)23-5/h7-8,10H,6,9,11H2,1-5H3,(H,18,20)(H,19,21). The van der Waals surface area contributed by atoms with Crippen molar-refractivity contribution < 1.29 is 19.1 Å². The quantitative estimate of drug-likeness (QED) is 0.716. The molecule has 1 aromatic rings. The maximum absolute atomic E-state index is 12.3. The molecule has 0 saturated heterocycles. The Morgan fingerprint density at radius 3 is 2.22 bits per heavy atom. The van der Waals surface area contributed by atoms with Crippen LogP contribution in [0.2, 0.25) is 0 Å². The number of methoxy groups -OCH3 is 2. The van der Waals surface area contributed by atoms with Crippen molar-refractivity contribution in [2.24, 2.45) is 5.41 Å². The lowest BCUT2D eigenvalue weighted by molar-refractivity contribution is -0.141. The third kappa shape index (κ3) is 4.87. The first-order valence-electron chi connectivity index (χ1n) is 7.64. The Morgan fingerprint density at radius 1 is 1.04 bits per heavy atom. The zero-order valence-corrected chi connectivity index (χ0v) is 14.5. The van der Waals surface area contributed by atoms with Crippen molar-refractivity contribution in [1.82, 2.24) is 10.6 Å². The summed E-state index contributed by atoms with van der Waals surface area (Å²) in [6.45, 7) is 6.06. The average molecular weight is 322 g/mol. The van der Waals surface area contributed by atoms with Crippen LogP contribution in [0.1, 0.15) is 32.8 Å². The second-order valence-corrected chi connectivity index (χ2v) is 5.75. The molecule has 128 valence electrons. The molecule has 2 N–H and O–H groups in total. The van der Waals surface area contributed by atoms with E-state index in [1.807, 2.05) is 13.0 Å². The Kier molecular flexibility index (Phi) is 6.88. The summed E-state index contributed by atoms with van der Waals surface area (Å²) >= 11 is 0. The maximum Gasteiger partial charge on any atom is 0.235 e. The molecule has 0 aliphatic carbocycles. The smallest absolute Gasteiger partial charge is 0.235 e. The van der Waals surface area contributed by atoms with E-state index in [1.54, 1.807) is 40.2 Å². The molecule has 0 aliphatic rings. The minimum absolute atomic E-state index is 0.274. The van der Waals surface area contributed by atoms with E-state index in [9.17, 15) is 9.59 Å². The first-order valence-corrected chi connectivity index (χ1v) is 7.64. The highest BCUT2D eigenvalue weighted by Gasteiger charge is 2.35. The van der Waals surface area contributed by atoms with Gasteiger partial charge in [-0.1, -0.05) is 13.0 Å². The third-order valence-electron chi connectivity index (χ3n) is 3.57. The van der Waals surface area contributed by atoms with Crippen molar-refractivity contribution in [3.05, 3.63) is 23.8 Å². The van der Waals surface area contributed by atoms with Gasteiger partial charge in [-0.3, -0.25) is 9.59 Å². The minimum Gasteiger partial charge on any atom is -0.493 e. The van der Waals surface area contributed by atoms with Gasteiger partial charge in [0.05, 0.1) is 14.2 Å². The van der Waals surface area contributed by atoms with Crippen LogP contribution in [0, 0.1) is 5.41 Å². The van der Waals surface area contributed by atoms with Crippen LogP contribution in [0.5, 0.6) is 11.5 Å². The fourth-order valence-corrected chi connectivity index (χ4v) is 1.96. The molecule has 23 heavy (non-hydrogen) atoms. The van der Waals surface area contributed by atoms with Gasteiger partial charge in [0.25, 0.3) is 0 Å². The van der Waals surface area contributed by atoms with Gasteiger partial charge in [0.2, 0.25) is 11.8 Å². The first-order chi connectivity index (χ1) is 10.9. The van der Waals surface area contributed by atoms with Gasteiger partial charge < -0.3 is 20.1 Å². The number of ether oxygens (including phenoxy) is 2. The van der Waals surface area contributed by atoms with Gasteiger partial charge in [0.15, 0.2) is 11.5 Å². The lowest BCUT2D eigenvalue weighted by atomic mass is 9.91. The number of benzene rings is 1.